The van der Waals surface area contributed by atoms with Gasteiger partial charge in [-0.1, -0.05) is 26.0 Å². The molecule has 1 amide bonds. The molecule has 0 atom stereocenters. The molecular weight excluding hydrogens is 266 g/mol. The summed E-state index contributed by atoms with van der Waals surface area (Å²) in [6, 6.07) is 7.87. The zero-order valence-corrected chi connectivity index (χ0v) is 13.6. The van der Waals surface area contributed by atoms with Crippen molar-refractivity contribution in [2.75, 3.05) is 33.9 Å². The van der Waals surface area contributed by atoms with Gasteiger partial charge in [0.25, 0.3) is 0 Å². The van der Waals surface area contributed by atoms with Crippen LogP contribution in [-0.2, 0) is 16.0 Å². The fourth-order valence-corrected chi connectivity index (χ4v) is 2.20. The van der Waals surface area contributed by atoms with Crippen molar-refractivity contribution in [3.63, 3.8) is 0 Å². The highest BCUT2D eigenvalue weighted by atomic mass is 16.5. The Morgan fingerprint density at radius 1 is 1.29 bits per heavy atom. The third-order valence-electron chi connectivity index (χ3n) is 3.27. The SMILES string of the molecule is COCCN(CC(C)C)C(=O)CCc1cccc(OC)c1. The van der Waals surface area contributed by atoms with Gasteiger partial charge in [-0.3, -0.25) is 4.79 Å². The molecule has 0 spiro atoms. The first kappa shape index (κ1) is 17.5. The lowest BCUT2D eigenvalue weighted by Crippen LogP contribution is -2.36. The lowest BCUT2D eigenvalue weighted by molar-refractivity contribution is -0.132. The lowest BCUT2D eigenvalue weighted by atomic mass is 10.1. The second-order valence-corrected chi connectivity index (χ2v) is 5.58. The predicted molar refractivity (Wildman–Crippen MR) is 84.6 cm³/mol. The van der Waals surface area contributed by atoms with E-state index in [1.54, 1.807) is 14.2 Å². The molecule has 0 aliphatic carbocycles. The number of hydrogen-bond acceptors (Lipinski definition) is 3. The van der Waals surface area contributed by atoms with Crippen LogP contribution in [-0.4, -0.2) is 44.7 Å². The van der Waals surface area contributed by atoms with Crippen LogP contribution in [0.15, 0.2) is 24.3 Å². The van der Waals surface area contributed by atoms with Crippen LogP contribution in [0.25, 0.3) is 0 Å². The Balaban J connectivity index is 2.55. The van der Waals surface area contributed by atoms with E-state index in [1.165, 1.54) is 0 Å². The lowest BCUT2D eigenvalue weighted by Gasteiger charge is -2.24. The summed E-state index contributed by atoms with van der Waals surface area (Å²) in [7, 11) is 3.31. The van der Waals surface area contributed by atoms with Crippen LogP contribution < -0.4 is 4.74 Å². The molecule has 0 aliphatic rings. The van der Waals surface area contributed by atoms with Crippen molar-refractivity contribution in [2.45, 2.75) is 26.7 Å². The molecule has 0 radical (unpaired) electrons. The van der Waals surface area contributed by atoms with Gasteiger partial charge in [0.05, 0.1) is 13.7 Å². The van der Waals surface area contributed by atoms with E-state index in [2.05, 4.69) is 13.8 Å². The number of amides is 1. The Kier molecular flexibility index (Phi) is 7.83. The summed E-state index contributed by atoms with van der Waals surface area (Å²) in [6.07, 6.45) is 1.25. The molecule has 118 valence electrons. The molecule has 0 aromatic heterocycles. The van der Waals surface area contributed by atoms with Gasteiger partial charge in [-0.05, 0) is 30.0 Å². The van der Waals surface area contributed by atoms with Crippen LogP contribution >= 0.6 is 0 Å². The predicted octanol–water partition coefficient (Wildman–Crippen LogP) is 2.76. The Morgan fingerprint density at radius 2 is 2.05 bits per heavy atom. The maximum absolute atomic E-state index is 12.4. The normalized spacial score (nSPS) is 10.7. The highest BCUT2D eigenvalue weighted by molar-refractivity contribution is 5.76. The van der Waals surface area contributed by atoms with Crippen molar-refractivity contribution in [3.8, 4) is 5.75 Å². The number of carbonyl (C=O) groups is 1. The molecule has 21 heavy (non-hydrogen) atoms. The van der Waals surface area contributed by atoms with E-state index in [0.717, 1.165) is 24.3 Å². The van der Waals surface area contributed by atoms with Crippen molar-refractivity contribution in [1.82, 2.24) is 4.90 Å². The van der Waals surface area contributed by atoms with Crippen LogP contribution in [0.4, 0.5) is 0 Å². The summed E-state index contributed by atoms with van der Waals surface area (Å²) < 4.78 is 10.3. The van der Waals surface area contributed by atoms with E-state index >= 15 is 0 Å². The minimum atomic E-state index is 0.184. The number of nitrogens with zero attached hydrogens (tertiary/aromatic N) is 1. The summed E-state index contributed by atoms with van der Waals surface area (Å²) in [5, 5.41) is 0. The van der Waals surface area contributed by atoms with Gasteiger partial charge in [0.1, 0.15) is 5.75 Å². The van der Waals surface area contributed by atoms with Crippen molar-refractivity contribution < 1.29 is 14.3 Å². The zero-order chi connectivity index (χ0) is 15.7. The Hall–Kier alpha value is -1.55. The molecule has 1 aromatic rings. The molecule has 4 heteroatoms. The second kappa shape index (κ2) is 9.40. The molecular formula is C17H27NO3. The van der Waals surface area contributed by atoms with Crippen molar-refractivity contribution in [2.24, 2.45) is 5.92 Å². The zero-order valence-electron chi connectivity index (χ0n) is 13.6. The van der Waals surface area contributed by atoms with Crippen LogP contribution in [0, 0.1) is 5.92 Å². The number of ether oxygens (including phenoxy) is 2. The maximum atomic E-state index is 12.4. The highest BCUT2D eigenvalue weighted by Crippen LogP contribution is 2.14. The second-order valence-electron chi connectivity index (χ2n) is 5.58. The molecule has 0 N–H and O–H groups in total. The van der Waals surface area contributed by atoms with Gasteiger partial charge in [-0.2, -0.15) is 0 Å². The quantitative estimate of drug-likeness (QED) is 0.703. The standard InChI is InChI=1S/C17H27NO3/c1-14(2)13-18(10-11-20-3)17(19)9-8-15-6-5-7-16(12-15)21-4/h5-7,12,14H,8-11,13H2,1-4H3. The van der Waals surface area contributed by atoms with Gasteiger partial charge < -0.3 is 14.4 Å². The third-order valence-corrected chi connectivity index (χ3v) is 3.27. The molecule has 0 aliphatic heterocycles. The summed E-state index contributed by atoms with van der Waals surface area (Å²) in [5.41, 5.74) is 1.12. The number of carbonyl (C=O) groups excluding carboxylic acids is 1. The van der Waals surface area contributed by atoms with Crippen molar-refractivity contribution in [3.05, 3.63) is 29.8 Å². The average molecular weight is 293 g/mol. The van der Waals surface area contributed by atoms with E-state index in [1.807, 2.05) is 29.2 Å². The average Bonchev–Trinajstić information content (AvgIpc) is 2.48. The van der Waals surface area contributed by atoms with Crippen LogP contribution in [0.3, 0.4) is 0 Å². The number of rotatable bonds is 9. The van der Waals surface area contributed by atoms with Gasteiger partial charge in [0.15, 0.2) is 0 Å². The van der Waals surface area contributed by atoms with Gasteiger partial charge in [-0.15, -0.1) is 0 Å². The first-order valence-electron chi connectivity index (χ1n) is 7.46. The van der Waals surface area contributed by atoms with Gasteiger partial charge in [0, 0.05) is 26.6 Å². The van der Waals surface area contributed by atoms with Crippen LogP contribution in [0.2, 0.25) is 0 Å². The minimum absolute atomic E-state index is 0.184. The monoisotopic (exact) mass is 293 g/mol. The molecule has 1 rings (SSSR count). The Labute approximate surface area is 128 Å². The number of aryl methyl sites for hydroxylation is 1. The highest BCUT2D eigenvalue weighted by Gasteiger charge is 2.14. The first-order chi connectivity index (χ1) is 10.1. The molecule has 4 nitrogen and oxygen atoms in total. The largest absolute Gasteiger partial charge is 0.497 e. The van der Waals surface area contributed by atoms with Crippen LogP contribution in [0.5, 0.6) is 5.75 Å². The number of benzene rings is 1. The van der Waals surface area contributed by atoms with E-state index in [-0.39, 0.29) is 5.91 Å². The van der Waals surface area contributed by atoms with Crippen molar-refractivity contribution in [1.29, 1.82) is 0 Å². The van der Waals surface area contributed by atoms with Gasteiger partial charge >= 0.3 is 0 Å². The van der Waals surface area contributed by atoms with E-state index < -0.39 is 0 Å². The van der Waals surface area contributed by atoms with E-state index in [0.29, 0.717) is 25.5 Å². The maximum Gasteiger partial charge on any atom is 0.222 e. The van der Waals surface area contributed by atoms with Gasteiger partial charge in [0.2, 0.25) is 5.91 Å². The molecule has 0 saturated heterocycles. The minimum Gasteiger partial charge on any atom is -0.497 e. The summed E-state index contributed by atoms with van der Waals surface area (Å²) >= 11 is 0. The summed E-state index contributed by atoms with van der Waals surface area (Å²) in [5.74, 6) is 1.48. The van der Waals surface area contributed by atoms with E-state index in [4.69, 9.17) is 9.47 Å². The van der Waals surface area contributed by atoms with Crippen molar-refractivity contribution >= 4 is 5.91 Å². The van der Waals surface area contributed by atoms with Gasteiger partial charge in [-0.25, -0.2) is 0 Å². The smallest absolute Gasteiger partial charge is 0.222 e. The summed E-state index contributed by atoms with van der Waals surface area (Å²) in [6.45, 7) is 6.26. The van der Waals surface area contributed by atoms with E-state index in [9.17, 15) is 4.79 Å². The fraction of sp³-hybridized carbons (Fsp3) is 0.588. The molecule has 0 bridgehead atoms. The number of methoxy groups -OCH3 is 2. The molecule has 0 unspecified atom stereocenters. The topological polar surface area (TPSA) is 38.8 Å². The Morgan fingerprint density at radius 3 is 2.67 bits per heavy atom. The summed E-state index contributed by atoms with van der Waals surface area (Å²) in [4.78, 5) is 14.2. The first-order valence-corrected chi connectivity index (χ1v) is 7.46. The fourth-order valence-electron chi connectivity index (χ4n) is 2.20. The van der Waals surface area contributed by atoms with Crippen LogP contribution in [0.1, 0.15) is 25.8 Å². The number of hydrogen-bond donors (Lipinski definition) is 0. The molecule has 0 heterocycles. The molecule has 1 aromatic carbocycles. The molecule has 0 saturated carbocycles. The molecule has 0 fully saturated rings. The third kappa shape index (κ3) is 6.63. The Bertz CT molecular complexity index is 432.